The molecule has 0 saturated carbocycles. The molecule has 0 atom stereocenters. The Balaban J connectivity index is 1.57. The number of ether oxygens (including phenoxy) is 1. The molecule has 0 aliphatic rings. The van der Waals surface area contributed by atoms with Crippen molar-refractivity contribution >= 4 is 33.5 Å². The molecule has 0 bridgehead atoms. The van der Waals surface area contributed by atoms with Crippen LogP contribution < -0.4 is 4.72 Å². The van der Waals surface area contributed by atoms with Crippen LogP contribution >= 0.6 is 0 Å². The van der Waals surface area contributed by atoms with Gasteiger partial charge in [-0.25, -0.2) is 13.2 Å². The number of ketones is 1. The quantitative estimate of drug-likeness (QED) is 0.437. The number of carbonyl (C=O) groups is 2. The molecule has 0 unspecified atom stereocenters. The molecule has 7 nitrogen and oxygen atoms in total. The van der Waals surface area contributed by atoms with Crippen LogP contribution in [-0.4, -0.2) is 31.8 Å². The molecule has 2 N–H and O–H groups in total. The van der Waals surface area contributed by atoms with Crippen LogP contribution in [0.4, 0.5) is 5.69 Å². The van der Waals surface area contributed by atoms with Gasteiger partial charge < -0.3 is 9.72 Å². The molecule has 0 spiro atoms. The predicted octanol–water partition coefficient (Wildman–Crippen LogP) is 3.47. The van der Waals surface area contributed by atoms with Gasteiger partial charge in [-0.2, -0.15) is 0 Å². The first kappa shape index (κ1) is 20.1. The molecular formula is C21H18N2O5S. The highest BCUT2D eigenvalue weighted by Crippen LogP contribution is 2.14. The molecule has 3 aromatic rings. The minimum absolute atomic E-state index is 0.201. The monoisotopic (exact) mass is 410 g/mol. The molecule has 0 radical (unpaired) electrons. The molecule has 0 amide bonds. The topological polar surface area (TPSA) is 105 Å². The molecular weight excluding hydrogens is 392 g/mol. The van der Waals surface area contributed by atoms with Crippen LogP contribution in [0.2, 0.25) is 0 Å². The second kappa shape index (κ2) is 9.03. The maximum absolute atomic E-state index is 12.2. The van der Waals surface area contributed by atoms with E-state index < -0.39 is 22.6 Å². The number of carbonyl (C=O) groups excluding carboxylic acids is 2. The number of aromatic nitrogens is 1. The Morgan fingerprint density at radius 1 is 0.966 bits per heavy atom. The van der Waals surface area contributed by atoms with Crippen molar-refractivity contribution in [3.8, 4) is 0 Å². The summed E-state index contributed by atoms with van der Waals surface area (Å²) in [6.45, 7) is -0.391. The number of nitrogens with one attached hydrogen (secondary N) is 2. The first-order chi connectivity index (χ1) is 13.9. The predicted molar refractivity (Wildman–Crippen MR) is 110 cm³/mol. The molecule has 1 heterocycles. The van der Waals surface area contributed by atoms with E-state index in [9.17, 15) is 18.0 Å². The van der Waals surface area contributed by atoms with Gasteiger partial charge in [0.05, 0.1) is 16.7 Å². The van der Waals surface area contributed by atoms with Gasteiger partial charge in [0.2, 0.25) is 5.78 Å². The summed E-state index contributed by atoms with van der Waals surface area (Å²) in [6, 6.07) is 18.0. The van der Waals surface area contributed by atoms with Crippen LogP contribution in [0.1, 0.15) is 26.4 Å². The third-order valence-corrected chi connectivity index (χ3v) is 4.87. The van der Waals surface area contributed by atoms with E-state index in [1.807, 2.05) is 18.2 Å². The highest BCUT2D eigenvalue weighted by Gasteiger charge is 2.13. The third kappa shape index (κ3) is 5.91. The average Bonchev–Trinajstić information content (AvgIpc) is 3.26. The van der Waals surface area contributed by atoms with Gasteiger partial charge in [-0.3, -0.25) is 9.52 Å². The number of hydrogen-bond acceptors (Lipinski definition) is 5. The Morgan fingerprint density at radius 2 is 1.69 bits per heavy atom. The summed E-state index contributed by atoms with van der Waals surface area (Å²) in [5, 5.41) is 1.07. The maximum atomic E-state index is 12.2. The fourth-order valence-corrected chi connectivity index (χ4v) is 3.27. The first-order valence-electron chi connectivity index (χ1n) is 8.63. The fraction of sp³-hybridized carbons (Fsp3) is 0.0476. The number of rotatable bonds is 8. The van der Waals surface area contributed by atoms with Crippen molar-refractivity contribution < 1.29 is 22.7 Å². The lowest BCUT2D eigenvalue weighted by molar-refractivity contribution is 0.0473. The van der Waals surface area contributed by atoms with Crippen LogP contribution in [0.5, 0.6) is 0 Å². The van der Waals surface area contributed by atoms with E-state index in [-0.39, 0.29) is 11.3 Å². The second-order valence-corrected chi connectivity index (χ2v) is 7.59. The summed E-state index contributed by atoms with van der Waals surface area (Å²) in [4.78, 5) is 26.6. The standard InChI is InChI=1S/C21H18N2O5S/c24-20(19-7-4-13-22-19)15-28-21(25)17-8-10-18(11-9-17)23-29(26,27)14-12-16-5-2-1-3-6-16/h1-14,22-23H,15H2. The zero-order valence-electron chi connectivity index (χ0n) is 15.2. The van der Waals surface area contributed by atoms with E-state index in [2.05, 4.69) is 9.71 Å². The van der Waals surface area contributed by atoms with Crippen molar-refractivity contribution in [2.45, 2.75) is 0 Å². The molecule has 0 fully saturated rings. The average molecular weight is 410 g/mol. The van der Waals surface area contributed by atoms with E-state index in [1.165, 1.54) is 30.3 Å². The minimum atomic E-state index is -3.71. The van der Waals surface area contributed by atoms with Crippen LogP contribution in [-0.2, 0) is 14.8 Å². The van der Waals surface area contributed by atoms with E-state index in [1.54, 1.807) is 30.5 Å². The number of hydrogen-bond donors (Lipinski definition) is 2. The lowest BCUT2D eigenvalue weighted by atomic mass is 10.2. The van der Waals surface area contributed by atoms with E-state index >= 15 is 0 Å². The Morgan fingerprint density at radius 3 is 2.34 bits per heavy atom. The largest absolute Gasteiger partial charge is 0.454 e. The highest BCUT2D eigenvalue weighted by molar-refractivity contribution is 7.95. The summed E-state index contributed by atoms with van der Waals surface area (Å²) in [7, 11) is -3.71. The van der Waals surface area contributed by atoms with Gasteiger partial charge in [0.25, 0.3) is 10.0 Å². The summed E-state index contributed by atoms with van der Waals surface area (Å²) in [5.74, 6) is -1.03. The van der Waals surface area contributed by atoms with Crippen molar-refractivity contribution in [3.05, 3.63) is 95.2 Å². The van der Waals surface area contributed by atoms with Gasteiger partial charge in [0, 0.05) is 11.9 Å². The molecule has 1 aromatic heterocycles. The van der Waals surface area contributed by atoms with Gasteiger partial charge in [-0.05, 0) is 48.0 Å². The smallest absolute Gasteiger partial charge is 0.338 e. The zero-order chi connectivity index (χ0) is 20.7. The van der Waals surface area contributed by atoms with E-state index in [0.29, 0.717) is 11.4 Å². The zero-order valence-corrected chi connectivity index (χ0v) is 16.1. The normalized spacial score (nSPS) is 11.3. The third-order valence-electron chi connectivity index (χ3n) is 3.85. The van der Waals surface area contributed by atoms with Gasteiger partial charge in [0.1, 0.15) is 0 Å². The summed E-state index contributed by atoms with van der Waals surface area (Å²) in [6.07, 6.45) is 3.08. The molecule has 148 valence electrons. The maximum Gasteiger partial charge on any atom is 0.338 e. The van der Waals surface area contributed by atoms with Crippen LogP contribution in [0, 0.1) is 0 Å². The molecule has 2 aromatic carbocycles. The summed E-state index contributed by atoms with van der Waals surface area (Å²) < 4.78 is 31.7. The summed E-state index contributed by atoms with van der Waals surface area (Å²) >= 11 is 0. The number of aromatic amines is 1. The van der Waals surface area contributed by atoms with Crippen molar-refractivity contribution in [2.75, 3.05) is 11.3 Å². The van der Waals surface area contributed by atoms with Crippen molar-refractivity contribution in [3.63, 3.8) is 0 Å². The Bertz CT molecular complexity index is 1100. The Kier molecular flexibility index (Phi) is 6.25. The highest BCUT2D eigenvalue weighted by atomic mass is 32.2. The molecule has 0 saturated heterocycles. The van der Waals surface area contributed by atoms with Crippen molar-refractivity contribution in [1.82, 2.24) is 4.98 Å². The van der Waals surface area contributed by atoms with Crippen molar-refractivity contribution in [1.29, 1.82) is 0 Å². The van der Waals surface area contributed by atoms with E-state index in [4.69, 9.17) is 4.74 Å². The Hall–Kier alpha value is -3.65. The molecule has 3 rings (SSSR count). The lowest BCUT2D eigenvalue weighted by Crippen LogP contribution is -2.14. The van der Waals surface area contributed by atoms with Gasteiger partial charge in [-0.15, -0.1) is 0 Å². The number of esters is 1. The SMILES string of the molecule is O=C(OCC(=O)c1ccc[nH]1)c1ccc(NS(=O)(=O)C=Cc2ccccc2)cc1. The number of benzene rings is 2. The van der Waals surface area contributed by atoms with Gasteiger partial charge in [-0.1, -0.05) is 30.3 Å². The minimum Gasteiger partial charge on any atom is -0.454 e. The van der Waals surface area contributed by atoms with Crippen LogP contribution in [0.25, 0.3) is 6.08 Å². The van der Waals surface area contributed by atoms with Crippen LogP contribution in [0.15, 0.2) is 78.3 Å². The molecule has 0 aliphatic carbocycles. The molecule has 29 heavy (non-hydrogen) atoms. The lowest BCUT2D eigenvalue weighted by Gasteiger charge is -2.06. The number of sulfonamides is 1. The Labute approximate surface area is 168 Å². The molecule has 0 aliphatic heterocycles. The fourth-order valence-electron chi connectivity index (χ4n) is 2.40. The molecule has 8 heteroatoms. The van der Waals surface area contributed by atoms with Crippen LogP contribution in [0.3, 0.4) is 0 Å². The van der Waals surface area contributed by atoms with E-state index in [0.717, 1.165) is 11.0 Å². The number of H-pyrrole nitrogens is 1. The first-order valence-corrected chi connectivity index (χ1v) is 10.2. The number of anilines is 1. The summed E-state index contributed by atoms with van der Waals surface area (Å²) in [5.41, 5.74) is 1.60. The second-order valence-electron chi connectivity index (χ2n) is 6.02. The van der Waals surface area contributed by atoms with Gasteiger partial charge in [0.15, 0.2) is 6.61 Å². The van der Waals surface area contributed by atoms with Gasteiger partial charge >= 0.3 is 5.97 Å². The number of Topliss-reactive ketones (excluding diaryl/α,β-unsaturated/α-hetero) is 1. The van der Waals surface area contributed by atoms with Crippen molar-refractivity contribution in [2.24, 2.45) is 0 Å².